The Labute approximate surface area is 142 Å². The van der Waals surface area contributed by atoms with Crippen LogP contribution in [0, 0.1) is 5.41 Å². The lowest BCUT2D eigenvalue weighted by atomic mass is 9.86. The Morgan fingerprint density at radius 2 is 2.30 bits per heavy atom. The molecule has 1 aromatic heterocycles. The van der Waals surface area contributed by atoms with E-state index in [9.17, 15) is 4.79 Å². The van der Waals surface area contributed by atoms with Gasteiger partial charge in [-0.05, 0) is 36.8 Å². The molecule has 1 saturated carbocycles. The van der Waals surface area contributed by atoms with Crippen LogP contribution >= 0.6 is 11.6 Å². The first-order chi connectivity index (χ1) is 10.8. The summed E-state index contributed by atoms with van der Waals surface area (Å²) in [6.07, 6.45) is 5.13. The fourth-order valence-electron chi connectivity index (χ4n) is 3.33. The standard InChI is InChI=1S/C16H25ClN4O2/c1-4-23-13(22)7-9-21(12-6-5-8-16(12,2)3)14-11(18)10-19-15(17)20-14/h10,12H,4-9,18H2,1-3H3. The number of ether oxygens (including phenoxy) is 1. The van der Waals surface area contributed by atoms with Crippen molar-refractivity contribution in [3.05, 3.63) is 11.5 Å². The number of aromatic nitrogens is 2. The van der Waals surface area contributed by atoms with Crippen molar-refractivity contribution in [1.82, 2.24) is 9.97 Å². The van der Waals surface area contributed by atoms with Gasteiger partial charge in [-0.3, -0.25) is 4.79 Å². The van der Waals surface area contributed by atoms with Crippen molar-refractivity contribution in [2.24, 2.45) is 5.41 Å². The molecular weight excluding hydrogens is 316 g/mol. The molecule has 0 aromatic carbocycles. The minimum atomic E-state index is -0.216. The zero-order valence-electron chi connectivity index (χ0n) is 14.0. The van der Waals surface area contributed by atoms with Gasteiger partial charge in [0.25, 0.3) is 0 Å². The summed E-state index contributed by atoms with van der Waals surface area (Å²) in [7, 11) is 0. The lowest BCUT2D eigenvalue weighted by Gasteiger charge is -2.38. The molecule has 0 radical (unpaired) electrons. The molecule has 2 N–H and O–H groups in total. The number of hydrogen-bond acceptors (Lipinski definition) is 6. The monoisotopic (exact) mass is 340 g/mol. The van der Waals surface area contributed by atoms with Crippen molar-refractivity contribution in [2.75, 3.05) is 23.8 Å². The topological polar surface area (TPSA) is 81.3 Å². The van der Waals surface area contributed by atoms with Gasteiger partial charge in [-0.2, -0.15) is 4.98 Å². The number of nitrogens with two attached hydrogens (primary N) is 1. The molecule has 0 aliphatic heterocycles. The number of esters is 1. The number of anilines is 2. The Morgan fingerprint density at radius 1 is 1.57 bits per heavy atom. The Bertz CT molecular complexity index is 565. The molecule has 1 atom stereocenters. The first kappa shape index (κ1) is 17.8. The predicted octanol–water partition coefficient (Wildman–Crippen LogP) is 3.05. The summed E-state index contributed by atoms with van der Waals surface area (Å²) in [6, 6.07) is 0.255. The van der Waals surface area contributed by atoms with Crippen LogP contribution in [0.2, 0.25) is 5.28 Å². The largest absolute Gasteiger partial charge is 0.466 e. The molecule has 6 nitrogen and oxygen atoms in total. The lowest BCUT2D eigenvalue weighted by molar-refractivity contribution is -0.142. The molecule has 23 heavy (non-hydrogen) atoms. The molecule has 1 fully saturated rings. The van der Waals surface area contributed by atoms with E-state index in [1.54, 1.807) is 6.92 Å². The van der Waals surface area contributed by atoms with Crippen molar-refractivity contribution >= 4 is 29.1 Å². The average Bonchev–Trinajstić information content (AvgIpc) is 2.83. The second-order valence-electron chi connectivity index (χ2n) is 6.56. The molecule has 1 aromatic rings. The summed E-state index contributed by atoms with van der Waals surface area (Å²) in [5, 5.41) is 0.158. The Kier molecular flexibility index (Phi) is 5.68. The summed E-state index contributed by atoms with van der Waals surface area (Å²) >= 11 is 5.96. The third kappa shape index (κ3) is 4.25. The van der Waals surface area contributed by atoms with Gasteiger partial charge in [-0.1, -0.05) is 20.3 Å². The van der Waals surface area contributed by atoms with Crippen LogP contribution in [0.15, 0.2) is 6.20 Å². The van der Waals surface area contributed by atoms with Gasteiger partial charge in [0, 0.05) is 12.6 Å². The van der Waals surface area contributed by atoms with E-state index in [0.29, 0.717) is 31.1 Å². The van der Waals surface area contributed by atoms with Gasteiger partial charge in [-0.15, -0.1) is 0 Å². The molecule has 2 rings (SSSR count). The fraction of sp³-hybridized carbons (Fsp3) is 0.688. The van der Waals surface area contributed by atoms with Crippen LogP contribution in [-0.2, 0) is 9.53 Å². The maximum Gasteiger partial charge on any atom is 0.307 e. The van der Waals surface area contributed by atoms with E-state index in [4.69, 9.17) is 22.1 Å². The van der Waals surface area contributed by atoms with Crippen LogP contribution in [0.3, 0.4) is 0 Å². The van der Waals surface area contributed by atoms with Gasteiger partial charge in [-0.25, -0.2) is 4.98 Å². The lowest BCUT2D eigenvalue weighted by Crippen LogP contribution is -2.44. The molecule has 0 bridgehead atoms. The first-order valence-electron chi connectivity index (χ1n) is 8.05. The molecule has 0 spiro atoms. The van der Waals surface area contributed by atoms with Crippen LogP contribution in [-0.4, -0.2) is 35.1 Å². The highest BCUT2D eigenvalue weighted by molar-refractivity contribution is 6.28. The summed E-state index contributed by atoms with van der Waals surface area (Å²) < 4.78 is 5.04. The van der Waals surface area contributed by atoms with Crippen LogP contribution in [0.4, 0.5) is 11.5 Å². The fourth-order valence-corrected chi connectivity index (χ4v) is 3.46. The van der Waals surface area contributed by atoms with Crippen LogP contribution in [0.25, 0.3) is 0 Å². The number of halogens is 1. The Balaban J connectivity index is 2.27. The number of hydrogen-bond donors (Lipinski definition) is 1. The van der Waals surface area contributed by atoms with Crippen LogP contribution in [0.5, 0.6) is 0 Å². The maximum absolute atomic E-state index is 11.8. The smallest absolute Gasteiger partial charge is 0.307 e. The quantitative estimate of drug-likeness (QED) is 0.633. The second-order valence-corrected chi connectivity index (χ2v) is 6.90. The third-order valence-corrected chi connectivity index (χ3v) is 4.66. The average molecular weight is 341 g/mol. The highest BCUT2D eigenvalue weighted by atomic mass is 35.5. The molecule has 7 heteroatoms. The molecule has 0 saturated heterocycles. The van der Waals surface area contributed by atoms with Gasteiger partial charge >= 0.3 is 5.97 Å². The SMILES string of the molecule is CCOC(=O)CCN(c1nc(Cl)ncc1N)C1CCCC1(C)C. The molecule has 1 unspecified atom stereocenters. The van der Waals surface area contributed by atoms with Crippen LogP contribution < -0.4 is 10.6 Å². The van der Waals surface area contributed by atoms with Gasteiger partial charge < -0.3 is 15.4 Å². The first-order valence-corrected chi connectivity index (χ1v) is 8.43. The molecule has 0 amide bonds. The highest BCUT2D eigenvalue weighted by Crippen LogP contribution is 2.42. The minimum absolute atomic E-state index is 0.124. The van der Waals surface area contributed by atoms with E-state index in [0.717, 1.165) is 19.3 Å². The number of nitrogen functional groups attached to an aromatic ring is 1. The van der Waals surface area contributed by atoms with Gasteiger partial charge in [0.15, 0.2) is 5.82 Å². The highest BCUT2D eigenvalue weighted by Gasteiger charge is 2.39. The second kappa shape index (κ2) is 7.34. The molecule has 1 aliphatic carbocycles. The van der Waals surface area contributed by atoms with E-state index in [2.05, 4.69) is 28.7 Å². The van der Waals surface area contributed by atoms with Gasteiger partial charge in [0.2, 0.25) is 5.28 Å². The summed E-state index contributed by atoms with van der Waals surface area (Å²) in [4.78, 5) is 22.1. The predicted molar refractivity (Wildman–Crippen MR) is 91.5 cm³/mol. The van der Waals surface area contributed by atoms with Crippen molar-refractivity contribution < 1.29 is 9.53 Å². The van der Waals surface area contributed by atoms with Crippen molar-refractivity contribution in [1.29, 1.82) is 0 Å². The van der Waals surface area contributed by atoms with Crippen molar-refractivity contribution in [3.8, 4) is 0 Å². The van der Waals surface area contributed by atoms with E-state index in [1.807, 2.05) is 0 Å². The summed E-state index contributed by atoms with van der Waals surface area (Å²) in [5.41, 5.74) is 6.67. The zero-order valence-corrected chi connectivity index (χ0v) is 14.8. The molecule has 128 valence electrons. The zero-order chi connectivity index (χ0) is 17.0. The molecule has 1 heterocycles. The Hall–Kier alpha value is -1.56. The minimum Gasteiger partial charge on any atom is -0.466 e. The summed E-state index contributed by atoms with van der Waals surface area (Å²) in [6.45, 7) is 7.17. The maximum atomic E-state index is 11.8. The van der Waals surface area contributed by atoms with E-state index in [1.165, 1.54) is 6.20 Å². The Morgan fingerprint density at radius 3 is 2.91 bits per heavy atom. The van der Waals surface area contributed by atoms with Gasteiger partial charge in [0.05, 0.1) is 24.9 Å². The van der Waals surface area contributed by atoms with Crippen molar-refractivity contribution in [3.63, 3.8) is 0 Å². The molecule has 1 aliphatic rings. The number of rotatable bonds is 6. The summed E-state index contributed by atoms with van der Waals surface area (Å²) in [5.74, 6) is 0.390. The van der Waals surface area contributed by atoms with E-state index in [-0.39, 0.29) is 22.7 Å². The van der Waals surface area contributed by atoms with Gasteiger partial charge in [0.1, 0.15) is 0 Å². The number of carbonyl (C=O) groups is 1. The molecular formula is C16H25ClN4O2. The third-order valence-electron chi connectivity index (χ3n) is 4.48. The number of nitrogens with zero attached hydrogens (tertiary/aromatic N) is 3. The van der Waals surface area contributed by atoms with Crippen LogP contribution in [0.1, 0.15) is 46.5 Å². The van der Waals surface area contributed by atoms with E-state index < -0.39 is 0 Å². The normalized spacial score (nSPS) is 19.6. The number of carbonyl (C=O) groups excluding carboxylic acids is 1. The van der Waals surface area contributed by atoms with Crippen molar-refractivity contribution in [2.45, 2.75) is 52.5 Å². The van der Waals surface area contributed by atoms with E-state index >= 15 is 0 Å².